The first-order valence-electron chi connectivity index (χ1n) is 6.60. The molecule has 2 rings (SSSR count). The van der Waals surface area contributed by atoms with Crippen molar-refractivity contribution in [2.45, 2.75) is 0 Å². The summed E-state index contributed by atoms with van der Waals surface area (Å²) in [5.74, 6) is -0.459. The molecule has 0 saturated carbocycles. The van der Waals surface area contributed by atoms with Gasteiger partial charge < -0.3 is 4.74 Å². The SMILES string of the molecule is COC(=O)c1ccc(/C=C(\C#N)c2ccccc2[N+](=O)[O-])cc1. The molecule has 6 heteroatoms. The van der Waals surface area contributed by atoms with Crippen molar-refractivity contribution in [2.24, 2.45) is 0 Å². The highest BCUT2D eigenvalue weighted by molar-refractivity contribution is 5.93. The monoisotopic (exact) mass is 308 g/mol. The molecular weight excluding hydrogens is 296 g/mol. The van der Waals surface area contributed by atoms with E-state index in [1.54, 1.807) is 36.4 Å². The number of methoxy groups -OCH3 is 1. The summed E-state index contributed by atoms with van der Waals surface area (Å²) in [6, 6.07) is 14.4. The molecule has 0 N–H and O–H groups in total. The van der Waals surface area contributed by atoms with Crippen LogP contribution in [0.4, 0.5) is 5.69 Å². The van der Waals surface area contributed by atoms with Crippen molar-refractivity contribution in [3.05, 3.63) is 75.3 Å². The van der Waals surface area contributed by atoms with Crippen LogP contribution in [0, 0.1) is 21.4 Å². The molecule has 0 atom stereocenters. The van der Waals surface area contributed by atoms with Gasteiger partial charge in [0.1, 0.15) is 6.07 Å². The topological polar surface area (TPSA) is 93.2 Å². The van der Waals surface area contributed by atoms with E-state index < -0.39 is 10.9 Å². The molecule has 0 aliphatic heterocycles. The van der Waals surface area contributed by atoms with E-state index in [4.69, 9.17) is 0 Å². The van der Waals surface area contributed by atoms with E-state index in [1.165, 1.54) is 25.3 Å². The second kappa shape index (κ2) is 7.00. The summed E-state index contributed by atoms with van der Waals surface area (Å²) in [4.78, 5) is 21.9. The Kier molecular flexibility index (Phi) is 4.85. The van der Waals surface area contributed by atoms with Crippen LogP contribution in [0.15, 0.2) is 48.5 Å². The largest absolute Gasteiger partial charge is 0.465 e. The number of rotatable bonds is 4. The minimum absolute atomic E-state index is 0.133. The summed E-state index contributed by atoms with van der Waals surface area (Å²) >= 11 is 0. The van der Waals surface area contributed by atoms with Crippen molar-refractivity contribution in [3.63, 3.8) is 0 Å². The van der Waals surface area contributed by atoms with Gasteiger partial charge in [0.15, 0.2) is 0 Å². The number of hydrogen-bond acceptors (Lipinski definition) is 5. The van der Waals surface area contributed by atoms with Crippen LogP contribution in [-0.2, 0) is 4.74 Å². The first-order chi connectivity index (χ1) is 11.1. The van der Waals surface area contributed by atoms with E-state index in [0.29, 0.717) is 11.1 Å². The number of nitriles is 1. The predicted octanol–water partition coefficient (Wildman–Crippen LogP) is 3.45. The van der Waals surface area contributed by atoms with Gasteiger partial charge >= 0.3 is 5.97 Å². The van der Waals surface area contributed by atoms with Gasteiger partial charge in [-0.2, -0.15) is 5.26 Å². The second-order valence-corrected chi connectivity index (χ2v) is 4.56. The summed E-state index contributed by atoms with van der Waals surface area (Å²) < 4.78 is 4.61. The van der Waals surface area contributed by atoms with Gasteiger partial charge in [0.05, 0.1) is 28.7 Å². The third-order valence-electron chi connectivity index (χ3n) is 3.15. The first kappa shape index (κ1) is 15.9. The summed E-state index contributed by atoms with van der Waals surface area (Å²) in [5.41, 5.74) is 1.31. The Morgan fingerprint density at radius 2 is 1.87 bits per heavy atom. The molecule has 0 aromatic heterocycles. The van der Waals surface area contributed by atoms with Gasteiger partial charge in [-0.05, 0) is 29.8 Å². The van der Waals surface area contributed by atoms with Crippen molar-refractivity contribution >= 4 is 23.3 Å². The van der Waals surface area contributed by atoms with Crippen molar-refractivity contribution in [1.29, 1.82) is 5.26 Å². The van der Waals surface area contributed by atoms with Crippen molar-refractivity contribution in [2.75, 3.05) is 7.11 Å². The van der Waals surface area contributed by atoms with Gasteiger partial charge in [-0.1, -0.05) is 24.3 Å². The third-order valence-corrected chi connectivity index (χ3v) is 3.15. The molecule has 0 unspecified atom stereocenters. The number of nitro benzene ring substituents is 1. The van der Waals surface area contributed by atoms with Crippen molar-refractivity contribution < 1.29 is 14.5 Å². The maximum absolute atomic E-state index is 11.4. The van der Waals surface area contributed by atoms with Crippen LogP contribution in [0.3, 0.4) is 0 Å². The third kappa shape index (κ3) is 3.60. The number of allylic oxidation sites excluding steroid dienone is 1. The zero-order chi connectivity index (χ0) is 16.8. The Morgan fingerprint density at radius 1 is 1.22 bits per heavy atom. The van der Waals surface area contributed by atoms with E-state index in [2.05, 4.69) is 4.74 Å². The molecule has 0 aliphatic rings. The summed E-state index contributed by atoms with van der Waals surface area (Å²) in [7, 11) is 1.29. The van der Waals surface area contributed by atoms with Crippen LogP contribution in [0.5, 0.6) is 0 Å². The molecule has 0 radical (unpaired) electrons. The van der Waals surface area contributed by atoms with Crippen LogP contribution in [0.25, 0.3) is 11.6 Å². The van der Waals surface area contributed by atoms with E-state index >= 15 is 0 Å². The molecule has 0 amide bonds. The molecule has 6 nitrogen and oxygen atoms in total. The first-order valence-corrected chi connectivity index (χ1v) is 6.60. The van der Waals surface area contributed by atoms with Gasteiger partial charge in [0, 0.05) is 6.07 Å². The fourth-order valence-electron chi connectivity index (χ4n) is 2.03. The van der Waals surface area contributed by atoms with Gasteiger partial charge in [0.2, 0.25) is 0 Å². The smallest absolute Gasteiger partial charge is 0.337 e. The standard InChI is InChI=1S/C17H12N2O4/c1-23-17(20)13-8-6-12(7-9-13)10-14(11-18)15-4-2-3-5-16(15)19(21)22/h2-10H,1H3/b14-10+. The quantitative estimate of drug-likeness (QED) is 0.283. The number of benzene rings is 2. The fourth-order valence-corrected chi connectivity index (χ4v) is 2.03. The maximum atomic E-state index is 11.4. The lowest BCUT2D eigenvalue weighted by Crippen LogP contribution is -2.00. The average Bonchev–Trinajstić information content (AvgIpc) is 2.59. The minimum atomic E-state index is -0.527. The highest BCUT2D eigenvalue weighted by Gasteiger charge is 2.16. The number of nitrogens with zero attached hydrogens (tertiary/aromatic N) is 2. The van der Waals surface area contributed by atoms with Crippen LogP contribution < -0.4 is 0 Å². The number of para-hydroxylation sites is 1. The molecular formula is C17H12N2O4. The van der Waals surface area contributed by atoms with Crippen LogP contribution in [0.2, 0.25) is 0 Å². The molecule has 2 aromatic carbocycles. The average molecular weight is 308 g/mol. The molecule has 0 fully saturated rings. The molecule has 0 aliphatic carbocycles. The molecule has 23 heavy (non-hydrogen) atoms. The van der Waals surface area contributed by atoms with Gasteiger partial charge in [-0.25, -0.2) is 4.79 Å². The number of carbonyl (C=O) groups is 1. The highest BCUT2D eigenvalue weighted by atomic mass is 16.6. The van der Waals surface area contributed by atoms with E-state index in [-0.39, 0.29) is 16.8 Å². The van der Waals surface area contributed by atoms with Crippen LogP contribution >= 0.6 is 0 Å². The number of hydrogen-bond donors (Lipinski definition) is 0. The minimum Gasteiger partial charge on any atom is -0.465 e. The molecule has 0 heterocycles. The number of nitro groups is 1. The molecule has 2 aromatic rings. The summed E-state index contributed by atoms with van der Waals surface area (Å²) in [6.07, 6.45) is 1.53. The zero-order valence-corrected chi connectivity index (χ0v) is 12.2. The molecule has 0 spiro atoms. The number of carbonyl (C=O) groups excluding carboxylic acids is 1. The van der Waals surface area contributed by atoms with E-state index in [1.807, 2.05) is 6.07 Å². The Balaban J connectivity index is 2.42. The Morgan fingerprint density at radius 3 is 2.43 bits per heavy atom. The summed E-state index contributed by atoms with van der Waals surface area (Å²) in [5, 5.41) is 20.4. The number of ether oxygens (including phenoxy) is 1. The normalized spacial score (nSPS) is 10.7. The van der Waals surface area contributed by atoms with Gasteiger partial charge in [0.25, 0.3) is 5.69 Å². The van der Waals surface area contributed by atoms with Crippen LogP contribution in [-0.4, -0.2) is 18.0 Å². The molecule has 114 valence electrons. The molecule has 0 bridgehead atoms. The Bertz CT molecular complexity index is 817. The van der Waals surface area contributed by atoms with Crippen molar-refractivity contribution in [3.8, 4) is 6.07 Å². The number of esters is 1. The van der Waals surface area contributed by atoms with Crippen molar-refractivity contribution in [1.82, 2.24) is 0 Å². The van der Waals surface area contributed by atoms with E-state index in [0.717, 1.165) is 0 Å². The zero-order valence-electron chi connectivity index (χ0n) is 12.2. The summed E-state index contributed by atoms with van der Waals surface area (Å²) in [6.45, 7) is 0. The second-order valence-electron chi connectivity index (χ2n) is 4.56. The Labute approximate surface area is 132 Å². The molecule has 0 saturated heterocycles. The van der Waals surface area contributed by atoms with E-state index in [9.17, 15) is 20.2 Å². The van der Waals surface area contributed by atoms with Crippen LogP contribution in [0.1, 0.15) is 21.5 Å². The highest BCUT2D eigenvalue weighted by Crippen LogP contribution is 2.27. The fraction of sp³-hybridized carbons (Fsp3) is 0.0588. The van der Waals surface area contributed by atoms with Gasteiger partial charge in [-0.3, -0.25) is 10.1 Å². The Hall–Kier alpha value is -3.46. The lowest BCUT2D eigenvalue weighted by atomic mass is 10.0. The van der Waals surface area contributed by atoms with Gasteiger partial charge in [-0.15, -0.1) is 0 Å². The predicted molar refractivity (Wildman–Crippen MR) is 84.4 cm³/mol. The maximum Gasteiger partial charge on any atom is 0.337 e. The lowest BCUT2D eigenvalue weighted by Gasteiger charge is -2.02. The lowest BCUT2D eigenvalue weighted by molar-refractivity contribution is -0.385.